The molecule has 0 aliphatic heterocycles. The van der Waals surface area contributed by atoms with Crippen LogP contribution in [-0.4, -0.2) is 2.14 Å². The van der Waals surface area contributed by atoms with Crippen LogP contribution in [-0.2, 0) is 5.41 Å². The van der Waals surface area contributed by atoms with E-state index in [1.54, 1.807) is 0 Å². The molecule has 3 aromatic rings. The summed E-state index contributed by atoms with van der Waals surface area (Å²) >= 11 is 57.6. The quantitative estimate of drug-likeness (QED) is 0.106. The van der Waals surface area contributed by atoms with Crippen molar-refractivity contribution in [2.45, 2.75) is 7.56 Å². The van der Waals surface area contributed by atoms with E-state index in [2.05, 4.69) is 245 Å². The van der Waals surface area contributed by atoms with Gasteiger partial charge >= 0.3 is 0 Å². The van der Waals surface area contributed by atoms with Crippen molar-refractivity contribution in [3.8, 4) is 0 Å². The van der Waals surface area contributed by atoms with Gasteiger partial charge in [0.25, 0.3) is 0 Å². The van der Waals surface area contributed by atoms with Crippen molar-refractivity contribution in [2.24, 2.45) is 0 Å². The minimum atomic E-state index is -0.970. The van der Waals surface area contributed by atoms with Crippen molar-refractivity contribution >= 4 is 239 Å². The third-order valence-corrected chi connectivity index (χ3v) is 21.0. The maximum atomic E-state index is 3.97. The van der Waals surface area contributed by atoms with E-state index < -0.39 is 7.56 Å². The molecule has 0 aromatic heterocycles. The van der Waals surface area contributed by atoms with Gasteiger partial charge < -0.3 is 0 Å². The highest BCUT2D eigenvalue weighted by Crippen LogP contribution is 2.67. The standard InChI is InChI=1S/C20H3Br15/c21-5-3-1-2-4(8(5)22)19(20(33,34)35,6-9(23)13(27)17(31)14(28)10(6)24)7-11(25)15(29)18(32)16(30)12(7)26/h1-3H. The van der Waals surface area contributed by atoms with Gasteiger partial charge in [-0.1, -0.05) is 59.9 Å². The minimum absolute atomic E-state index is 0.836. The molecule has 0 atom stereocenters. The van der Waals surface area contributed by atoms with Gasteiger partial charge in [-0.05, 0) is 203 Å². The van der Waals surface area contributed by atoms with Gasteiger partial charge in [0.1, 0.15) is 0 Å². The van der Waals surface area contributed by atoms with Crippen LogP contribution in [0.2, 0.25) is 0 Å². The third-order valence-electron chi connectivity index (χ3n) is 4.95. The molecule has 0 heterocycles. The van der Waals surface area contributed by atoms with E-state index in [9.17, 15) is 0 Å². The number of rotatable bonds is 3. The zero-order valence-electron chi connectivity index (χ0n) is 15.9. The fourth-order valence-electron chi connectivity index (χ4n) is 3.49. The Kier molecular flexibility index (Phi) is 13.0. The molecule has 0 radical (unpaired) electrons. The number of hydrogen-bond acceptors (Lipinski definition) is 0. The first-order valence-electron chi connectivity index (χ1n) is 8.58. The van der Waals surface area contributed by atoms with Crippen molar-refractivity contribution in [1.29, 1.82) is 0 Å². The van der Waals surface area contributed by atoms with E-state index in [0.29, 0.717) is 0 Å². The van der Waals surface area contributed by atoms with Crippen LogP contribution in [0.25, 0.3) is 0 Å². The average molecular weight is 1440 g/mol. The van der Waals surface area contributed by atoms with Crippen LogP contribution >= 0.6 is 239 Å². The lowest BCUT2D eigenvalue weighted by molar-refractivity contribution is 0.649. The fourth-order valence-corrected chi connectivity index (χ4v) is 13.5. The number of hydrogen-bond donors (Lipinski definition) is 0. The third kappa shape index (κ3) is 5.99. The van der Waals surface area contributed by atoms with E-state index in [1.807, 2.05) is 12.1 Å². The largest absolute Gasteiger partial charge is 0.152 e. The molecule has 0 bridgehead atoms. The Hall–Kier alpha value is 4.86. The molecule has 0 aliphatic carbocycles. The average Bonchev–Trinajstić information content (AvgIpc) is 2.79. The van der Waals surface area contributed by atoms with Crippen LogP contribution < -0.4 is 0 Å². The van der Waals surface area contributed by atoms with Gasteiger partial charge in [0.05, 0.1) is 5.41 Å². The van der Waals surface area contributed by atoms with Crippen LogP contribution in [0.5, 0.6) is 0 Å². The molecule has 0 saturated carbocycles. The molecule has 188 valence electrons. The van der Waals surface area contributed by atoms with Gasteiger partial charge in [-0.15, -0.1) is 0 Å². The van der Waals surface area contributed by atoms with E-state index in [0.717, 1.165) is 70.4 Å². The molecular weight excluding hydrogens is 1440 g/mol. The summed E-state index contributed by atoms with van der Waals surface area (Å²) in [5.74, 6) is 0. The first-order valence-corrected chi connectivity index (χ1v) is 20.5. The Morgan fingerprint density at radius 2 is 0.714 bits per heavy atom. The van der Waals surface area contributed by atoms with E-state index in [1.165, 1.54) is 0 Å². The Morgan fingerprint density at radius 1 is 0.400 bits per heavy atom. The summed E-state index contributed by atoms with van der Waals surface area (Å²) in [5, 5.41) is 0. The lowest BCUT2D eigenvalue weighted by atomic mass is 9.71. The molecule has 0 spiro atoms. The first-order chi connectivity index (χ1) is 16.0. The monoisotopic (exact) mass is 1430 g/mol. The van der Waals surface area contributed by atoms with Crippen LogP contribution in [0.15, 0.2) is 71.9 Å². The van der Waals surface area contributed by atoms with Crippen molar-refractivity contribution in [3.05, 3.63) is 88.6 Å². The molecule has 15 heteroatoms. The molecule has 0 unspecified atom stereocenters. The van der Waals surface area contributed by atoms with Crippen molar-refractivity contribution in [3.63, 3.8) is 0 Å². The second kappa shape index (κ2) is 13.2. The Labute approximate surface area is 328 Å². The summed E-state index contributed by atoms with van der Waals surface area (Å²) in [6.07, 6.45) is 0. The number of alkyl halides is 3. The first kappa shape index (κ1) is 34.4. The van der Waals surface area contributed by atoms with Crippen molar-refractivity contribution < 1.29 is 0 Å². The van der Waals surface area contributed by atoms with Crippen molar-refractivity contribution in [1.82, 2.24) is 0 Å². The highest BCUT2D eigenvalue weighted by Gasteiger charge is 2.57. The Balaban J connectivity index is 2.86. The van der Waals surface area contributed by atoms with Gasteiger partial charge in [0.15, 0.2) is 2.14 Å². The highest BCUT2D eigenvalue weighted by molar-refractivity contribution is 9.39. The SMILES string of the molecule is Brc1cccc(C(c2c(Br)c(Br)c(Br)c(Br)c2Br)(c2c(Br)c(Br)c(Br)c(Br)c2Br)C(Br)(Br)Br)c1Br. The van der Waals surface area contributed by atoms with Gasteiger partial charge in [0, 0.05) is 64.8 Å². The number of benzene rings is 3. The molecule has 0 N–H and O–H groups in total. The lowest BCUT2D eigenvalue weighted by Gasteiger charge is -2.46. The second-order valence-electron chi connectivity index (χ2n) is 6.74. The second-order valence-corrected chi connectivity index (χ2v) is 23.1. The topological polar surface area (TPSA) is 0 Å². The summed E-state index contributed by atoms with van der Waals surface area (Å²) in [7, 11) is 0. The van der Waals surface area contributed by atoms with Crippen LogP contribution in [0, 0.1) is 0 Å². The normalized spacial score (nSPS) is 12.4. The summed E-state index contributed by atoms with van der Waals surface area (Å²) < 4.78 is 9.32. The van der Waals surface area contributed by atoms with Gasteiger partial charge in [0.2, 0.25) is 0 Å². The molecule has 0 amide bonds. The van der Waals surface area contributed by atoms with E-state index in [4.69, 9.17) is 0 Å². The predicted molar refractivity (Wildman–Crippen MR) is 201 cm³/mol. The highest BCUT2D eigenvalue weighted by atomic mass is 80.0. The van der Waals surface area contributed by atoms with Gasteiger partial charge in [-0.25, -0.2) is 0 Å². The fraction of sp³-hybridized carbons (Fsp3) is 0.100. The maximum absolute atomic E-state index is 3.97. The smallest absolute Gasteiger partial charge is 0.0607 e. The lowest BCUT2D eigenvalue weighted by Crippen LogP contribution is -2.43. The summed E-state index contributed by atoms with van der Waals surface area (Å²) in [5.41, 5.74) is 1.79. The Bertz CT molecular complexity index is 1230. The molecule has 0 aliphatic rings. The molecule has 3 rings (SSSR count). The molecule has 0 fully saturated rings. The minimum Gasteiger partial charge on any atom is -0.0607 e. The molecule has 3 aromatic carbocycles. The maximum Gasteiger partial charge on any atom is 0.152 e. The molecule has 0 saturated heterocycles. The summed E-state index contributed by atoms with van der Waals surface area (Å²) in [4.78, 5) is 0. The van der Waals surface area contributed by atoms with Crippen molar-refractivity contribution in [2.75, 3.05) is 0 Å². The van der Waals surface area contributed by atoms with E-state index >= 15 is 0 Å². The molecule has 35 heavy (non-hydrogen) atoms. The molecular formula is C20H3Br15. The molecule has 0 nitrogen and oxygen atoms in total. The van der Waals surface area contributed by atoms with Gasteiger partial charge in [-0.2, -0.15) is 0 Å². The van der Waals surface area contributed by atoms with E-state index in [-0.39, 0.29) is 0 Å². The zero-order chi connectivity index (χ0) is 26.8. The summed E-state index contributed by atoms with van der Waals surface area (Å²) in [6, 6.07) is 6.08. The predicted octanol–water partition coefficient (Wildman–Crippen LogP) is 16.0. The number of halogens is 15. The summed E-state index contributed by atoms with van der Waals surface area (Å²) in [6.45, 7) is 0. The Morgan fingerprint density at radius 3 is 1.03 bits per heavy atom. The van der Waals surface area contributed by atoms with Gasteiger partial charge in [-0.3, -0.25) is 0 Å². The van der Waals surface area contributed by atoms with Crippen LogP contribution in [0.4, 0.5) is 0 Å². The van der Waals surface area contributed by atoms with Crippen LogP contribution in [0.3, 0.4) is 0 Å². The zero-order valence-corrected chi connectivity index (χ0v) is 39.7. The van der Waals surface area contributed by atoms with Crippen LogP contribution in [0.1, 0.15) is 16.7 Å².